The summed E-state index contributed by atoms with van der Waals surface area (Å²) in [5.41, 5.74) is 10.3. The van der Waals surface area contributed by atoms with E-state index >= 15 is 0 Å². The Morgan fingerprint density at radius 2 is 1.87 bits per heavy atom. The van der Waals surface area contributed by atoms with Gasteiger partial charge in [0.15, 0.2) is 0 Å². The molecule has 4 amide bonds. The van der Waals surface area contributed by atoms with Crippen molar-refractivity contribution in [3.8, 4) is 22.4 Å². The smallest absolute Gasteiger partial charge is 0.324 e. The monoisotopic (exact) mass is 918 g/mol. The molecule has 6 bridgehead atoms. The number of likely N-dealkylation sites (N-methyl/N-ethyl adjacent to an activating group) is 1. The highest BCUT2D eigenvalue weighted by Gasteiger charge is 2.43. The van der Waals surface area contributed by atoms with Gasteiger partial charge in [-0.25, -0.2) is 5.43 Å². The molecule has 2 aromatic heterocycles. The zero-order valence-corrected chi connectivity index (χ0v) is 40.2. The summed E-state index contributed by atoms with van der Waals surface area (Å²) in [7, 11) is 3.25. The van der Waals surface area contributed by atoms with E-state index in [9.17, 15) is 29.1 Å². The molecule has 6 atom stereocenters. The summed E-state index contributed by atoms with van der Waals surface area (Å²) in [6.07, 6.45) is 4.61. The number of esters is 1. The lowest BCUT2D eigenvalue weighted by Gasteiger charge is -2.37. The molecule has 2 fully saturated rings. The van der Waals surface area contributed by atoms with Crippen LogP contribution in [0.3, 0.4) is 0 Å². The molecule has 2 saturated heterocycles. The minimum absolute atomic E-state index is 0.0871. The fourth-order valence-electron chi connectivity index (χ4n) is 10.2. The van der Waals surface area contributed by atoms with Gasteiger partial charge in [-0.2, -0.15) is 0 Å². The highest BCUT2D eigenvalue weighted by molar-refractivity contribution is 5.96. The molecule has 0 spiro atoms. The molecular formula is C52H67N7O8. The third-order valence-corrected chi connectivity index (χ3v) is 13.7. The number of cyclic esters (lactones) is 1. The van der Waals surface area contributed by atoms with E-state index in [1.165, 1.54) is 14.8 Å². The molecular weight excluding hydrogens is 851 g/mol. The van der Waals surface area contributed by atoms with Crippen molar-refractivity contribution in [3.63, 3.8) is 0 Å². The van der Waals surface area contributed by atoms with Crippen molar-refractivity contribution >= 4 is 40.5 Å². The Morgan fingerprint density at radius 1 is 1.10 bits per heavy atom. The Morgan fingerprint density at radius 3 is 2.57 bits per heavy atom. The van der Waals surface area contributed by atoms with Crippen LogP contribution in [0, 0.1) is 17.3 Å². The number of aryl methyl sites for hydroxylation is 1. The van der Waals surface area contributed by atoms with Crippen LogP contribution in [0.5, 0.6) is 0 Å². The predicted octanol–water partition coefficient (Wildman–Crippen LogP) is 5.62. The van der Waals surface area contributed by atoms with E-state index in [-0.39, 0.29) is 56.4 Å². The standard InChI is InChI=1S/C52H67N7O8/c1-10-44(61)58-28-36(25-37(58)29-60)49(63)56(8)46(31(3)4)48(62)54-42-24-33-15-12-16-34(23-33)35-19-20-43-39(26-35)40(47(57(43)11-2)38-17-13-21-53-45(38)32(5)66-9)27-52(6,7)30-67-51(65)41-18-14-22-59(55-41)50(42)64/h10,12-13,15-17,19-21,23,26,31-32,36-37,41-42,46,55,60H,1,11,14,18,22,24-25,27-30H2,2-9H3,(H,54,62)/t32-,36-,37-,41-,42-,46?/m0/s1. The Hall–Kier alpha value is -5.90. The minimum atomic E-state index is -1.09. The number of methoxy groups -OCH3 is 1. The first-order valence-electron chi connectivity index (χ1n) is 23.6. The van der Waals surface area contributed by atoms with E-state index in [2.05, 4.69) is 66.9 Å². The molecule has 0 radical (unpaired) electrons. The molecule has 5 heterocycles. The molecule has 3 N–H and O–H groups in total. The number of fused-ring (bicyclic) bond motifs is 6. The summed E-state index contributed by atoms with van der Waals surface area (Å²) in [6, 6.07) is 15.1. The van der Waals surface area contributed by atoms with Crippen molar-refractivity contribution in [1.29, 1.82) is 0 Å². The number of ether oxygens (including phenoxy) is 2. The Balaban J connectivity index is 1.28. The largest absolute Gasteiger partial charge is 0.464 e. The number of benzene rings is 2. The number of hydrogen-bond acceptors (Lipinski definition) is 10. The molecule has 3 aliphatic rings. The molecule has 1 unspecified atom stereocenters. The fraction of sp³-hybridized carbons (Fsp3) is 0.500. The van der Waals surface area contributed by atoms with Gasteiger partial charge in [-0.15, -0.1) is 0 Å². The fourth-order valence-corrected chi connectivity index (χ4v) is 10.2. The van der Waals surface area contributed by atoms with Crippen molar-refractivity contribution < 1.29 is 38.6 Å². The second-order valence-corrected chi connectivity index (χ2v) is 19.4. The maximum atomic E-state index is 14.7. The Labute approximate surface area is 393 Å². The van der Waals surface area contributed by atoms with Crippen LogP contribution in [0.4, 0.5) is 0 Å². The number of carbonyl (C=O) groups is 5. The number of aromatic nitrogens is 2. The van der Waals surface area contributed by atoms with Gasteiger partial charge >= 0.3 is 5.97 Å². The number of aliphatic hydroxyl groups is 1. The molecule has 0 aliphatic carbocycles. The quantitative estimate of drug-likeness (QED) is 0.127. The number of nitrogens with one attached hydrogen (secondary N) is 2. The second-order valence-electron chi connectivity index (χ2n) is 19.4. The number of amides is 4. The van der Waals surface area contributed by atoms with Gasteiger partial charge in [0.2, 0.25) is 17.7 Å². The molecule has 0 saturated carbocycles. The summed E-state index contributed by atoms with van der Waals surface area (Å²) >= 11 is 0. The van der Waals surface area contributed by atoms with Crippen molar-refractivity contribution in [2.75, 3.05) is 40.5 Å². The number of hydrazine groups is 1. The van der Waals surface area contributed by atoms with Gasteiger partial charge in [0, 0.05) is 68.3 Å². The third kappa shape index (κ3) is 10.2. The number of pyridine rings is 1. The first kappa shape index (κ1) is 49.0. The molecule has 15 heteroatoms. The first-order chi connectivity index (χ1) is 32.0. The molecule has 3 aliphatic heterocycles. The van der Waals surface area contributed by atoms with E-state index < -0.39 is 53.3 Å². The van der Waals surface area contributed by atoms with Crippen LogP contribution in [-0.2, 0) is 52.8 Å². The SMILES string of the molecule is C=CC(=O)N1C[C@@H](C(=O)N(C)C(C(=O)N[C@H]2Cc3cccc(c3)-c3ccc4c(c3)c(c(-c3cccnc3[C@H](C)OC)n4CC)CC(C)(C)COC(=O)[C@@H]3CCCN(N3)C2=O)C(C)C)C[C@H]1CO. The van der Waals surface area contributed by atoms with Crippen molar-refractivity contribution in [1.82, 2.24) is 35.1 Å². The number of rotatable bonds is 11. The van der Waals surface area contributed by atoms with E-state index in [0.717, 1.165) is 56.2 Å². The van der Waals surface area contributed by atoms with Crippen molar-refractivity contribution in [3.05, 3.63) is 90.3 Å². The number of hydrogen-bond donors (Lipinski definition) is 3. The van der Waals surface area contributed by atoms with E-state index in [0.29, 0.717) is 32.4 Å². The van der Waals surface area contributed by atoms with E-state index in [1.807, 2.05) is 51.1 Å². The lowest BCUT2D eigenvalue weighted by molar-refractivity contribution is -0.155. The predicted molar refractivity (Wildman–Crippen MR) is 256 cm³/mol. The van der Waals surface area contributed by atoms with E-state index in [1.54, 1.807) is 20.4 Å². The van der Waals surface area contributed by atoms with Crippen LogP contribution in [-0.4, -0.2) is 124 Å². The van der Waals surface area contributed by atoms with Gasteiger partial charge in [0.25, 0.3) is 5.91 Å². The van der Waals surface area contributed by atoms with Gasteiger partial charge in [-0.1, -0.05) is 64.6 Å². The van der Waals surface area contributed by atoms with Gasteiger partial charge in [0.1, 0.15) is 18.1 Å². The first-order valence-corrected chi connectivity index (χ1v) is 23.6. The van der Waals surface area contributed by atoms with Crippen LogP contribution >= 0.6 is 0 Å². The highest BCUT2D eigenvalue weighted by atomic mass is 16.5. The van der Waals surface area contributed by atoms with Gasteiger partial charge in [-0.05, 0) is 98.0 Å². The highest BCUT2D eigenvalue weighted by Crippen LogP contribution is 2.42. The van der Waals surface area contributed by atoms with E-state index in [4.69, 9.17) is 14.5 Å². The van der Waals surface area contributed by atoms with Crippen LogP contribution in [0.25, 0.3) is 33.3 Å². The number of nitrogens with zero attached hydrogens (tertiary/aromatic N) is 5. The lowest BCUT2D eigenvalue weighted by Crippen LogP contribution is -2.62. The lowest BCUT2D eigenvalue weighted by atomic mass is 9.84. The molecule has 4 aromatic rings. The van der Waals surface area contributed by atoms with Crippen LogP contribution in [0.15, 0.2) is 73.4 Å². The van der Waals surface area contributed by atoms with Crippen LogP contribution < -0.4 is 10.7 Å². The van der Waals surface area contributed by atoms with Gasteiger partial charge in [0.05, 0.1) is 42.7 Å². The maximum Gasteiger partial charge on any atom is 0.324 e. The summed E-state index contributed by atoms with van der Waals surface area (Å²) in [5, 5.41) is 15.5. The number of carbonyl (C=O) groups excluding carboxylic acids is 5. The average molecular weight is 918 g/mol. The normalized spacial score (nSPS) is 21.9. The summed E-state index contributed by atoms with van der Waals surface area (Å²) in [5.74, 6) is -3.13. The molecule has 7 rings (SSSR count). The Kier molecular flexibility index (Phi) is 15.0. The maximum absolute atomic E-state index is 14.7. The number of likely N-dealkylation sites (tertiary alicyclic amines) is 1. The van der Waals surface area contributed by atoms with Gasteiger partial charge < -0.3 is 34.3 Å². The van der Waals surface area contributed by atoms with Crippen molar-refractivity contribution in [2.45, 2.75) is 110 Å². The summed E-state index contributed by atoms with van der Waals surface area (Å²) in [6.45, 7) is 16.4. The summed E-state index contributed by atoms with van der Waals surface area (Å²) < 4.78 is 14.3. The third-order valence-electron chi connectivity index (χ3n) is 13.7. The zero-order chi connectivity index (χ0) is 48.3. The van der Waals surface area contributed by atoms with Gasteiger partial charge in [-0.3, -0.25) is 34.0 Å². The van der Waals surface area contributed by atoms with Crippen LogP contribution in [0.1, 0.15) is 83.7 Å². The molecule has 358 valence electrons. The van der Waals surface area contributed by atoms with Crippen molar-refractivity contribution in [2.24, 2.45) is 17.3 Å². The molecule has 2 aromatic carbocycles. The van der Waals surface area contributed by atoms with Crippen LogP contribution in [0.2, 0.25) is 0 Å². The average Bonchev–Trinajstić information content (AvgIpc) is 3.90. The molecule has 67 heavy (non-hydrogen) atoms. The number of aliphatic hydroxyl groups excluding tert-OH is 1. The zero-order valence-electron chi connectivity index (χ0n) is 40.2. The second kappa shape index (κ2) is 20.5. The Bertz CT molecular complexity index is 2520. The molecule has 15 nitrogen and oxygen atoms in total. The minimum Gasteiger partial charge on any atom is -0.464 e. The summed E-state index contributed by atoms with van der Waals surface area (Å²) in [4.78, 5) is 77.5. The topological polar surface area (TPSA) is 176 Å².